The van der Waals surface area contributed by atoms with Gasteiger partial charge in [0.15, 0.2) is 0 Å². The first-order valence-electron chi connectivity index (χ1n) is 8.08. The molecule has 2 aromatic rings. The number of aryl methyl sites for hydroxylation is 1. The fourth-order valence-corrected chi connectivity index (χ4v) is 3.27. The molecule has 3 rings (SSSR count). The van der Waals surface area contributed by atoms with Crippen molar-refractivity contribution >= 4 is 15.9 Å². The molecular formula is C18H23BrCl2N2O2-2. The van der Waals surface area contributed by atoms with Crippen molar-refractivity contribution in [2.45, 2.75) is 13.5 Å². The average molecular weight is 450 g/mol. The van der Waals surface area contributed by atoms with Crippen molar-refractivity contribution < 1.29 is 34.0 Å². The van der Waals surface area contributed by atoms with Gasteiger partial charge in [-0.2, -0.15) is 0 Å². The SMILES string of the molecule is Cc1cc(Br)ccc1-c1ccc(CNCCN2CCOCC2)o1.[Cl-].[Cl-]. The smallest absolute Gasteiger partial charge is 0.134 e. The maximum Gasteiger partial charge on any atom is 0.134 e. The number of hydrogen-bond donors (Lipinski definition) is 1. The van der Waals surface area contributed by atoms with Crippen LogP contribution in [0.15, 0.2) is 39.2 Å². The summed E-state index contributed by atoms with van der Waals surface area (Å²) in [6.07, 6.45) is 0. The van der Waals surface area contributed by atoms with Crippen LogP contribution in [0.5, 0.6) is 0 Å². The first-order chi connectivity index (χ1) is 11.2. The standard InChI is InChI=1S/C18H23BrN2O2.2ClH/c1-14-12-15(19)2-4-17(14)18-5-3-16(23-18)13-20-6-7-21-8-10-22-11-9-21;;/h2-5,12,20H,6-11,13H2,1H3;2*1H/p-2. The Labute approximate surface area is 170 Å². The van der Waals surface area contributed by atoms with Crippen molar-refractivity contribution in [3.63, 3.8) is 0 Å². The van der Waals surface area contributed by atoms with Gasteiger partial charge in [-0.15, -0.1) is 0 Å². The van der Waals surface area contributed by atoms with Crippen molar-refractivity contribution in [3.05, 3.63) is 46.1 Å². The Kier molecular flexibility index (Phi) is 10.1. The lowest BCUT2D eigenvalue weighted by Gasteiger charge is -2.26. The molecule has 1 saturated heterocycles. The van der Waals surface area contributed by atoms with Gasteiger partial charge in [0.25, 0.3) is 0 Å². The Hall–Kier alpha value is -0.560. The van der Waals surface area contributed by atoms with E-state index in [2.05, 4.69) is 57.3 Å². The molecule has 0 atom stereocenters. The Bertz CT molecular complexity index is 646. The van der Waals surface area contributed by atoms with Gasteiger partial charge in [0, 0.05) is 36.2 Å². The third-order valence-corrected chi connectivity index (χ3v) is 4.62. The predicted molar refractivity (Wildman–Crippen MR) is 95.5 cm³/mol. The van der Waals surface area contributed by atoms with Gasteiger partial charge < -0.3 is 39.3 Å². The second-order valence-corrected chi connectivity index (χ2v) is 6.77. The van der Waals surface area contributed by atoms with Gasteiger partial charge in [0.1, 0.15) is 11.5 Å². The first-order valence-corrected chi connectivity index (χ1v) is 8.88. The van der Waals surface area contributed by atoms with Gasteiger partial charge in [0.2, 0.25) is 0 Å². The third-order valence-electron chi connectivity index (χ3n) is 4.12. The Balaban J connectivity index is 0.00000156. The number of nitrogens with one attached hydrogen (secondary N) is 1. The van der Waals surface area contributed by atoms with Crippen molar-refractivity contribution in [1.29, 1.82) is 0 Å². The number of hydrogen-bond acceptors (Lipinski definition) is 4. The molecular weight excluding hydrogens is 427 g/mol. The van der Waals surface area contributed by atoms with E-state index in [0.717, 1.165) is 67.5 Å². The highest BCUT2D eigenvalue weighted by Crippen LogP contribution is 2.27. The average Bonchev–Trinajstić information content (AvgIpc) is 3.01. The molecule has 0 bridgehead atoms. The van der Waals surface area contributed by atoms with Crippen LogP contribution in [0.2, 0.25) is 0 Å². The topological polar surface area (TPSA) is 37.6 Å². The lowest BCUT2D eigenvalue weighted by molar-refractivity contribution is -0.00100. The fraction of sp³-hybridized carbons (Fsp3) is 0.444. The number of rotatable bonds is 6. The summed E-state index contributed by atoms with van der Waals surface area (Å²) in [4.78, 5) is 2.43. The molecule has 4 nitrogen and oxygen atoms in total. The minimum Gasteiger partial charge on any atom is -1.00 e. The zero-order valence-electron chi connectivity index (χ0n) is 14.2. The van der Waals surface area contributed by atoms with Crippen LogP contribution in [0, 0.1) is 6.92 Å². The van der Waals surface area contributed by atoms with E-state index in [9.17, 15) is 0 Å². The van der Waals surface area contributed by atoms with Crippen LogP contribution in [0.1, 0.15) is 11.3 Å². The van der Waals surface area contributed by atoms with Crippen molar-refractivity contribution in [3.8, 4) is 11.3 Å². The summed E-state index contributed by atoms with van der Waals surface area (Å²) in [6.45, 7) is 8.67. The van der Waals surface area contributed by atoms with E-state index in [1.165, 1.54) is 5.56 Å². The highest BCUT2D eigenvalue weighted by molar-refractivity contribution is 9.10. The molecule has 1 fully saturated rings. The van der Waals surface area contributed by atoms with Gasteiger partial charge in [-0.1, -0.05) is 15.9 Å². The number of nitrogens with zero attached hydrogens (tertiary/aromatic N) is 1. The summed E-state index contributed by atoms with van der Waals surface area (Å²) in [7, 11) is 0. The largest absolute Gasteiger partial charge is 1.00 e. The summed E-state index contributed by atoms with van der Waals surface area (Å²) in [5, 5.41) is 3.45. The number of halogens is 3. The monoisotopic (exact) mass is 448 g/mol. The van der Waals surface area contributed by atoms with E-state index in [0.29, 0.717) is 0 Å². The molecule has 1 N–H and O–H groups in total. The Morgan fingerprint density at radius 2 is 1.88 bits per heavy atom. The minimum atomic E-state index is 0. The Morgan fingerprint density at radius 1 is 1.12 bits per heavy atom. The summed E-state index contributed by atoms with van der Waals surface area (Å²) < 4.78 is 12.4. The van der Waals surface area contributed by atoms with Gasteiger partial charge in [-0.3, -0.25) is 4.90 Å². The number of morpholine rings is 1. The minimum absolute atomic E-state index is 0. The molecule has 0 spiro atoms. The highest BCUT2D eigenvalue weighted by atomic mass is 79.9. The maximum atomic E-state index is 5.97. The van der Waals surface area contributed by atoms with Gasteiger partial charge in [-0.25, -0.2) is 0 Å². The van der Waals surface area contributed by atoms with E-state index in [-0.39, 0.29) is 24.8 Å². The Morgan fingerprint density at radius 3 is 2.60 bits per heavy atom. The van der Waals surface area contributed by atoms with E-state index in [1.54, 1.807) is 0 Å². The van der Waals surface area contributed by atoms with Crippen molar-refractivity contribution in [1.82, 2.24) is 10.2 Å². The molecule has 1 aliphatic rings. The van der Waals surface area contributed by atoms with E-state index in [1.807, 2.05) is 6.07 Å². The van der Waals surface area contributed by atoms with E-state index < -0.39 is 0 Å². The van der Waals surface area contributed by atoms with E-state index in [4.69, 9.17) is 9.15 Å². The molecule has 0 aliphatic carbocycles. The van der Waals surface area contributed by atoms with Crippen LogP contribution in [-0.4, -0.2) is 44.3 Å². The normalized spacial score (nSPS) is 14.6. The third kappa shape index (κ3) is 6.59. The lowest BCUT2D eigenvalue weighted by Crippen LogP contribution is -3.00. The van der Waals surface area contributed by atoms with Crippen molar-refractivity contribution in [2.24, 2.45) is 0 Å². The van der Waals surface area contributed by atoms with Crippen LogP contribution in [0.4, 0.5) is 0 Å². The molecule has 1 aromatic heterocycles. The molecule has 1 aromatic carbocycles. The molecule has 7 heteroatoms. The quantitative estimate of drug-likeness (QED) is 0.493. The fourth-order valence-electron chi connectivity index (χ4n) is 2.79. The van der Waals surface area contributed by atoms with E-state index >= 15 is 0 Å². The molecule has 140 valence electrons. The van der Waals surface area contributed by atoms with Crippen LogP contribution in [-0.2, 0) is 11.3 Å². The van der Waals surface area contributed by atoms with Crippen molar-refractivity contribution in [2.75, 3.05) is 39.4 Å². The molecule has 25 heavy (non-hydrogen) atoms. The van der Waals surface area contributed by atoms with Gasteiger partial charge in [0.05, 0.1) is 19.8 Å². The second kappa shape index (κ2) is 11.2. The summed E-state index contributed by atoms with van der Waals surface area (Å²) in [5.74, 6) is 1.91. The molecule has 0 saturated carbocycles. The summed E-state index contributed by atoms with van der Waals surface area (Å²) in [5.41, 5.74) is 2.35. The van der Waals surface area contributed by atoms with Crippen LogP contribution in [0.25, 0.3) is 11.3 Å². The second-order valence-electron chi connectivity index (χ2n) is 5.86. The van der Waals surface area contributed by atoms with Crippen LogP contribution < -0.4 is 30.1 Å². The summed E-state index contributed by atoms with van der Waals surface area (Å²) in [6, 6.07) is 10.4. The molecule has 0 radical (unpaired) electrons. The summed E-state index contributed by atoms with van der Waals surface area (Å²) >= 11 is 3.50. The number of ether oxygens (including phenoxy) is 1. The zero-order chi connectivity index (χ0) is 16.1. The lowest BCUT2D eigenvalue weighted by atomic mass is 10.1. The molecule has 2 heterocycles. The molecule has 0 amide bonds. The predicted octanol–water partition coefficient (Wildman–Crippen LogP) is -2.55. The number of furan rings is 1. The van der Waals surface area contributed by atoms with Crippen LogP contribution >= 0.6 is 15.9 Å². The number of benzene rings is 1. The van der Waals surface area contributed by atoms with Crippen LogP contribution in [0.3, 0.4) is 0 Å². The molecule has 0 unspecified atom stereocenters. The zero-order valence-corrected chi connectivity index (χ0v) is 17.3. The highest BCUT2D eigenvalue weighted by Gasteiger charge is 2.10. The maximum absolute atomic E-state index is 5.97. The molecule has 1 aliphatic heterocycles. The van der Waals surface area contributed by atoms with Gasteiger partial charge >= 0.3 is 0 Å². The first kappa shape index (κ1) is 22.5. The van der Waals surface area contributed by atoms with Gasteiger partial charge in [-0.05, 0) is 42.8 Å².